The topological polar surface area (TPSA) is 300 Å². The van der Waals surface area contributed by atoms with Gasteiger partial charge in [-0.3, -0.25) is 33.6 Å². The van der Waals surface area contributed by atoms with Crippen LogP contribution in [0.25, 0.3) is 25.1 Å². The van der Waals surface area contributed by atoms with Gasteiger partial charge in [-0.25, -0.2) is 8.42 Å². The first-order chi connectivity index (χ1) is 59.3. The van der Waals surface area contributed by atoms with Crippen molar-refractivity contribution >= 4 is 146 Å². The molecule has 8 atom stereocenters. The Labute approximate surface area is 783 Å². The molecule has 5 aliphatic carbocycles. The number of ether oxygens (including phenoxy) is 9. The van der Waals surface area contributed by atoms with Gasteiger partial charge in [0.15, 0.2) is 43.6 Å². The highest BCUT2D eigenvalue weighted by atomic mass is 79.9. The standard InChI is InChI=1S/C20H29F3O7S.C18H13S.C16H20Br4O3.C14H20F6O3.C13H18O5.C12H16O3/c1-4-17(2,3)15(24)30-19-8-12-5-13(9-19)7-18(6-12,11-19)16(25)29-14(20(21,22)23)10-31(26,27)28;1-2-8-14(9-3-1)19-17-12-6-4-10-15(17)16-11-5-7-13-18(16)19;1-7-16(5,6)14(21)22-12-8(17)10(19)13(11(20)9(12)18)23-15(2,3)4;1-4-10(2,3)9(21)23-11(7-5-6-8-11)12(22,13(15,16)17)14(18,19)20;1-4-13(2,3)12(15)18-9-7-5-6-8(16-7)10(9)17-11(6)14;1-4-12(2,3)11(14)15-10-7-5-9(13)6-8-10/h12-14H,4-11H2,1-3H3,(H,26,27,28);1-13H;7H2,1-6H3;22H,4-8H2,1-3H3;6-10H,4-5H2,1-3H3;5-8,13H,4H2,1-3H3/q;+1;;;;/p-1. The number of phenolic OH excluding ortho intramolecular Hbond substituents is 1. The van der Waals surface area contributed by atoms with E-state index in [4.69, 9.17) is 43.0 Å². The molecule has 0 radical (unpaired) electrons. The van der Waals surface area contributed by atoms with Crippen molar-refractivity contribution in [2.75, 3.05) is 5.75 Å². The third kappa shape index (κ3) is 24.7. The third-order valence-electron chi connectivity index (χ3n) is 25.4. The lowest BCUT2D eigenvalue weighted by Gasteiger charge is -2.60. The average Bonchev–Trinajstić information content (AvgIpc) is 1.70. The van der Waals surface area contributed by atoms with Crippen LogP contribution in [0.5, 0.6) is 23.0 Å². The zero-order chi connectivity index (χ0) is 97.1. The smallest absolute Gasteiger partial charge is 0.430 e. The van der Waals surface area contributed by atoms with E-state index in [0.29, 0.717) is 86.5 Å². The van der Waals surface area contributed by atoms with Crippen LogP contribution in [-0.4, -0.2) is 142 Å². The molecule has 2 N–H and O–H groups in total. The molecular weight excluding hydrogens is 2010 g/mol. The number of aliphatic hydroxyl groups is 1. The van der Waals surface area contributed by atoms with E-state index in [0.717, 1.165) is 12.8 Å². The number of hydrogen-bond donors (Lipinski definition) is 2. The summed E-state index contributed by atoms with van der Waals surface area (Å²) in [5.41, 5.74) is -14.3. The Kier molecular flexibility index (Phi) is 34.1. The molecule has 8 unspecified atom stereocenters. The summed E-state index contributed by atoms with van der Waals surface area (Å²) in [6.07, 6.45) is -16.9. The minimum absolute atomic E-state index is 0.00100. The number of phenols is 1. The Hall–Kier alpha value is -6.67. The number of hydrogen-bond acceptors (Lipinski definition) is 21. The van der Waals surface area contributed by atoms with Crippen LogP contribution in [0.15, 0.2) is 121 Å². The highest BCUT2D eigenvalue weighted by Gasteiger charge is 2.82. The summed E-state index contributed by atoms with van der Waals surface area (Å²) < 4.78 is 206. The summed E-state index contributed by atoms with van der Waals surface area (Å²) in [7, 11) is -5.21. The minimum atomic E-state index is -6.02. The van der Waals surface area contributed by atoms with Crippen LogP contribution in [0.4, 0.5) is 39.5 Å². The molecule has 5 aromatic carbocycles. The second kappa shape index (κ2) is 40.9. The molecule has 1 aromatic heterocycles. The zero-order valence-corrected chi connectivity index (χ0v) is 83.3. The van der Waals surface area contributed by atoms with Gasteiger partial charge in [0.2, 0.25) is 6.10 Å². The molecule has 4 heterocycles. The fourth-order valence-corrected chi connectivity index (χ4v) is 21.5. The largest absolute Gasteiger partial charge is 0.748 e. The van der Waals surface area contributed by atoms with Gasteiger partial charge >= 0.3 is 60.3 Å². The molecule has 36 heteroatoms. The fourth-order valence-electron chi connectivity index (χ4n) is 16.1. The van der Waals surface area contributed by atoms with E-state index in [1.165, 1.54) is 51.0 Å². The van der Waals surface area contributed by atoms with Crippen molar-refractivity contribution in [3.8, 4) is 27.9 Å². The number of halogens is 13. The van der Waals surface area contributed by atoms with Gasteiger partial charge in [-0.15, -0.1) is 0 Å². The minimum Gasteiger partial charge on any atom is -0.748 e. The zero-order valence-electron chi connectivity index (χ0n) is 75.3. The second-order valence-corrected chi connectivity index (χ2v) is 44.8. The van der Waals surface area contributed by atoms with Crippen molar-refractivity contribution in [1.82, 2.24) is 0 Å². The second-order valence-electron chi connectivity index (χ2n) is 38.2. The van der Waals surface area contributed by atoms with E-state index in [1.54, 1.807) is 32.9 Å². The molecule has 3 aliphatic heterocycles. The highest BCUT2D eigenvalue weighted by Crippen LogP contribution is 2.65. The van der Waals surface area contributed by atoms with Gasteiger partial charge in [0.05, 0.1) is 78.3 Å². The van der Waals surface area contributed by atoms with Gasteiger partial charge in [-0.05, 0) is 323 Å². The van der Waals surface area contributed by atoms with Gasteiger partial charge < -0.3 is 57.4 Å². The van der Waals surface area contributed by atoms with Crippen LogP contribution in [0.2, 0.25) is 0 Å². The molecule has 716 valence electrons. The maximum absolute atomic E-state index is 13.3. The number of esters is 7. The number of thiophene rings is 1. The number of alkyl halides is 9. The summed E-state index contributed by atoms with van der Waals surface area (Å²) in [5, 5.41) is 21.5. The number of benzene rings is 5. The Morgan fingerprint density at radius 3 is 1.42 bits per heavy atom. The molecule has 21 nitrogen and oxygen atoms in total. The van der Waals surface area contributed by atoms with E-state index < -0.39 is 133 Å². The van der Waals surface area contributed by atoms with Gasteiger partial charge in [0, 0.05) is 27.7 Å². The Morgan fingerprint density at radius 1 is 0.550 bits per heavy atom. The first kappa shape index (κ1) is 108. The Bertz CT molecular complexity index is 5030. The summed E-state index contributed by atoms with van der Waals surface area (Å²) in [5.74, 6) is -4.11. The van der Waals surface area contributed by atoms with Crippen LogP contribution in [0, 0.1) is 50.2 Å². The lowest BCUT2D eigenvalue weighted by molar-refractivity contribution is -0.412. The summed E-state index contributed by atoms with van der Waals surface area (Å²) >= 11 is 14.0. The first-order valence-corrected chi connectivity index (χ1v) is 48.6. The van der Waals surface area contributed by atoms with Gasteiger partial charge in [-0.2, -0.15) is 39.5 Å². The molecule has 6 bridgehead atoms. The molecule has 0 spiro atoms. The van der Waals surface area contributed by atoms with Crippen molar-refractivity contribution in [3.05, 3.63) is 121 Å². The lowest BCUT2D eigenvalue weighted by atomic mass is 9.48. The van der Waals surface area contributed by atoms with Crippen LogP contribution in [-0.2, 0) is 72.1 Å². The molecule has 5 saturated carbocycles. The van der Waals surface area contributed by atoms with Crippen molar-refractivity contribution in [3.63, 3.8) is 0 Å². The van der Waals surface area contributed by atoms with Crippen LogP contribution in [0.1, 0.15) is 227 Å². The lowest BCUT2D eigenvalue weighted by Crippen LogP contribution is -2.71. The number of carbonyl (C=O) groups excluding carboxylic acids is 7. The van der Waals surface area contributed by atoms with E-state index in [1.807, 2.05) is 90.0 Å². The highest BCUT2D eigenvalue weighted by molar-refractivity contribution is 9.14. The predicted molar refractivity (Wildman–Crippen MR) is 480 cm³/mol. The Morgan fingerprint density at radius 2 is 0.977 bits per heavy atom. The number of rotatable bonds is 22. The van der Waals surface area contributed by atoms with Crippen molar-refractivity contribution in [1.29, 1.82) is 0 Å². The molecule has 3 saturated heterocycles. The summed E-state index contributed by atoms with van der Waals surface area (Å²) in [6, 6.07) is 34.5. The SMILES string of the molecule is CCC(C)(C)C(=O)OC1(C(O)(C(F)(F)F)C(F)(F)F)CCCC1.CCC(C)(C)C(=O)OC12CC3CC(C1)CC(C(=O)OC(CS(=O)(=O)[O-])C(F)(F)F)(C3)C2.CCC(C)(C)C(=O)OC1C2CC3C(=O)OC1C3O2.CCC(C)(C)C(=O)Oc1c(Br)c(Br)c(OC(C)(C)C)c(Br)c1Br.CCC(C)(C)C(=O)Oc1ccc(O)cc1.c1ccc(-[s+]2c3ccccc3c3ccccc32)cc1. The van der Waals surface area contributed by atoms with E-state index >= 15 is 0 Å². The first-order valence-electron chi connectivity index (χ1n) is 42.7. The molecule has 8 aliphatic rings. The van der Waals surface area contributed by atoms with E-state index in [2.05, 4.69) is 147 Å². The van der Waals surface area contributed by atoms with Gasteiger partial charge in [0.25, 0.3) is 5.60 Å². The Balaban J connectivity index is 0.000000194. The van der Waals surface area contributed by atoms with Crippen LogP contribution >= 0.6 is 74.2 Å². The molecule has 14 rings (SSSR count). The van der Waals surface area contributed by atoms with Crippen LogP contribution < -0.4 is 14.2 Å². The fraction of sp³-hybridized carbons (Fsp3) is 0.602. The average molecular weight is 2120 g/mol. The normalized spacial score (nSPS) is 22.5. The van der Waals surface area contributed by atoms with E-state index in [-0.39, 0.29) is 101 Å². The number of aromatic hydroxyl groups is 1. The summed E-state index contributed by atoms with van der Waals surface area (Å²) in [6.45, 7) is 32.5. The third-order valence-corrected chi connectivity index (χ3v) is 32.6. The number of fused-ring (bicyclic) bond motifs is 4. The molecule has 6 aromatic rings. The van der Waals surface area contributed by atoms with Gasteiger partial charge in [0.1, 0.15) is 28.8 Å². The van der Waals surface area contributed by atoms with Crippen LogP contribution in [0.3, 0.4) is 0 Å². The van der Waals surface area contributed by atoms with Crippen molar-refractivity contribution < 1.29 is 139 Å². The summed E-state index contributed by atoms with van der Waals surface area (Å²) in [4.78, 5) is 86.8. The molecule has 8 fully saturated rings. The number of carbonyl (C=O) groups is 7. The van der Waals surface area contributed by atoms with E-state index in [9.17, 15) is 91.2 Å². The quantitative estimate of drug-likeness (QED) is 0.0121. The van der Waals surface area contributed by atoms with Crippen molar-refractivity contribution in [2.24, 2.45) is 50.2 Å². The van der Waals surface area contributed by atoms with Gasteiger partial charge in [-0.1, -0.05) is 77.1 Å². The monoisotopic (exact) mass is 2120 g/mol. The molecular formula is C93H115Br4F9O21S2. The maximum atomic E-state index is 13.3. The van der Waals surface area contributed by atoms with Crippen molar-refractivity contribution in [2.45, 2.75) is 299 Å². The molecule has 0 amide bonds. The maximum Gasteiger partial charge on any atom is 0.430 e. The molecule has 129 heavy (non-hydrogen) atoms. The predicted octanol–water partition coefficient (Wildman–Crippen LogP) is 24.2.